The quantitative estimate of drug-likeness (QED) is 0.433. The number of nitro groups is 1. The van der Waals surface area contributed by atoms with Crippen LogP contribution in [0.2, 0.25) is 0 Å². The Morgan fingerprint density at radius 3 is 2.69 bits per heavy atom. The Kier molecular flexibility index (Phi) is 5.23. The van der Waals surface area contributed by atoms with Gasteiger partial charge in [-0.05, 0) is 31.0 Å². The summed E-state index contributed by atoms with van der Waals surface area (Å²) in [5.74, 6) is -0.333. The summed E-state index contributed by atoms with van der Waals surface area (Å²) in [5, 5.41) is 25.2. The molecule has 3 aliphatic heterocycles. The van der Waals surface area contributed by atoms with E-state index in [1.807, 2.05) is 54.6 Å². The van der Waals surface area contributed by atoms with Gasteiger partial charge in [-0.25, -0.2) is 0 Å². The first-order chi connectivity index (χ1) is 17.6. The molecule has 8 nitrogen and oxygen atoms in total. The largest absolute Gasteiger partial charge is 0.489 e. The number of nitrogens with one attached hydrogen (secondary N) is 1. The number of carbonyl (C=O) groups excluding carboxylic acids is 1. The van der Waals surface area contributed by atoms with Crippen molar-refractivity contribution in [3.05, 3.63) is 105 Å². The maximum Gasteiger partial charge on any atom is 0.256 e. The van der Waals surface area contributed by atoms with Gasteiger partial charge >= 0.3 is 0 Å². The van der Waals surface area contributed by atoms with Crippen molar-refractivity contribution in [1.29, 1.82) is 5.26 Å². The molecule has 8 heteroatoms. The number of anilines is 1. The van der Waals surface area contributed by atoms with Crippen LogP contribution in [0, 0.1) is 21.4 Å². The highest BCUT2D eigenvalue weighted by molar-refractivity contribution is 6.07. The van der Waals surface area contributed by atoms with Gasteiger partial charge in [0, 0.05) is 39.9 Å². The first-order valence-corrected chi connectivity index (χ1v) is 12.1. The van der Waals surface area contributed by atoms with Crippen molar-refractivity contribution in [1.82, 2.24) is 4.90 Å². The number of rotatable bonds is 5. The zero-order chi connectivity index (χ0) is 24.9. The number of ether oxygens (including phenoxy) is 1. The number of fused-ring (bicyclic) bond motifs is 4. The molecule has 180 valence electrons. The Balaban J connectivity index is 1.46. The minimum atomic E-state index is -1.37. The van der Waals surface area contributed by atoms with E-state index in [2.05, 4.69) is 16.3 Å². The van der Waals surface area contributed by atoms with E-state index < -0.39 is 17.5 Å². The van der Waals surface area contributed by atoms with E-state index in [-0.39, 0.29) is 23.5 Å². The molecular formula is C28H24N4O4. The molecule has 0 unspecified atom stereocenters. The molecule has 0 saturated carbocycles. The van der Waals surface area contributed by atoms with Gasteiger partial charge in [-0.15, -0.1) is 0 Å². The van der Waals surface area contributed by atoms with E-state index in [4.69, 9.17) is 4.74 Å². The van der Waals surface area contributed by atoms with Gasteiger partial charge in [-0.1, -0.05) is 54.6 Å². The summed E-state index contributed by atoms with van der Waals surface area (Å²) in [7, 11) is 0. The van der Waals surface area contributed by atoms with Crippen LogP contribution < -0.4 is 10.1 Å². The fraction of sp³-hybridized carbons (Fsp3) is 0.286. The fourth-order valence-corrected chi connectivity index (χ4v) is 6.55. The molecule has 3 aromatic carbocycles. The minimum Gasteiger partial charge on any atom is -0.489 e. The SMILES string of the molecule is N#Cc1ccccc1COc1ccccc1[C@@H]1[C@@H]2CCCN2[C@]2(C(=O)Nc3ccccc32)[C@@H]1[N+](=O)[O-]. The molecule has 0 aromatic heterocycles. The second kappa shape index (κ2) is 8.47. The minimum absolute atomic E-state index is 0.166. The van der Waals surface area contributed by atoms with Gasteiger partial charge in [0.2, 0.25) is 0 Å². The molecule has 6 rings (SSSR count). The number of nitrogens with zero attached hydrogens (tertiary/aromatic N) is 3. The standard InChI is InChI=1S/C28H24N4O4/c29-16-18-8-1-2-9-19(18)17-36-24-14-6-3-10-20(24)25-23-13-7-15-31(23)28(26(25)32(34)35)21-11-4-5-12-22(21)30-27(28)33/h1-6,8-12,14,23,25-26H,7,13,15,17H2,(H,30,33)/t23-,25+,26+,28-/m0/s1. The zero-order valence-electron chi connectivity index (χ0n) is 19.5. The molecule has 36 heavy (non-hydrogen) atoms. The number of amides is 1. The lowest BCUT2D eigenvalue weighted by atomic mass is 9.77. The molecule has 3 aliphatic rings. The third-order valence-electron chi connectivity index (χ3n) is 7.89. The van der Waals surface area contributed by atoms with Crippen LogP contribution in [0.4, 0.5) is 5.69 Å². The highest BCUT2D eigenvalue weighted by atomic mass is 16.6. The molecule has 4 atom stereocenters. The highest BCUT2D eigenvalue weighted by Crippen LogP contribution is 2.58. The molecule has 2 fully saturated rings. The van der Waals surface area contributed by atoms with Crippen LogP contribution in [0.5, 0.6) is 5.75 Å². The van der Waals surface area contributed by atoms with Gasteiger partial charge in [-0.3, -0.25) is 19.8 Å². The van der Waals surface area contributed by atoms with Crippen LogP contribution in [0.25, 0.3) is 0 Å². The maximum absolute atomic E-state index is 13.6. The van der Waals surface area contributed by atoms with E-state index in [0.717, 1.165) is 24.0 Å². The predicted octanol–water partition coefficient (Wildman–Crippen LogP) is 4.19. The van der Waals surface area contributed by atoms with Crippen LogP contribution in [-0.2, 0) is 16.9 Å². The monoisotopic (exact) mass is 480 g/mol. The Bertz CT molecular complexity index is 1420. The van der Waals surface area contributed by atoms with Crippen LogP contribution in [0.1, 0.15) is 41.0 Å². The first kappa shape index (κ1) is 22.3. The number of hydrogen-bond donors (Lipinski definition) is 1. The van der Waals surface area contributed by atoms with Crippen molar-refractivity contribution in [2.24, 2.45) is 0 Å². The summed E-state index contributed by atoms with van der Waals surface area (Å²) in [4.78, 5) is 28.3. The number of para-hydroxylation sites is 2. The van der Waals surface area contributed by atoms with Crippen molar-refractivity contribution >= 4 is 11.6 Å². The predicted molar refractivity (Wildman–Crippen MR) is 132 cm³/mol. The van der Waals surface area contributed by atoms with Crippen LogP contribution in [0.3, 0.4) is 0 Å². The van der Waals surface area contributed by atoms with E-state index in [1.165, 1.54) is 0 Å². The summed E-state index contributed by atoms with van der Waals surface area (Å²) >= 11 is 0. The molecule has 1 N–H and O–H groups in total. The summed E-state index contributed by atoms with van der Waals surface area (Å²) < 4.78 is 6.21. The molecule has 0 radical (unpaired) electrons. The van der Waals surface area contributed by atoms with Crippen LogP contribution in [-0.4, -0.2) is 34.4 Å². The molecular weight excluding hydrogens is 456 g/mol. The Morgan fingerprint density at radius 2 is 1.86 bits per heavy atom. The van der Waals surface area contributed by atoms with Crippen molar-refractivity contribution in [2.45, 2.75) is 43.0 Å². The van der Waals surface area contributed by atoms with E-state index in [0.29, 0.717) is 29.1 Å². The smallest absolute Gasteiger partial charge is 0.256 e. The average molecular weight is 481 g/mol. The summed E-state index contributed by atoms with van der Waals surface area (Å²) in [6.45, 7) is 0.783. The highest BCUT2D eigenvalue weighted by Gasteiger charge is 2.73. The van der Waals surface area contributed by atoms with E-state index in [9.17, 15) is 20.2 Å². The summed E-state index contributed by atoms with van der Waals surface area (Å²) in [5.41, 5.74) is 1.94. The Morgan fingerprint density at radius 1 is 1.11 bits per heavy atom. The topological polar surface area (TPSA) is 108 Å². The van der Waals surface area contributed by atoms with E-state index in [1.54, 1.807) is 18.2 Å². The molecule has 0 aliphatic carbocycles. The maximum atomic E-state index is 13.6. The second-order valence-corrected chi connectivity index (χ2v) is 9.52. The van der Waals surface area contributed by atoms with Crippen molar-refractivity contribution < 1.29 is 14.5 Å². The van der Waals surface area contributed by atoms with Gasteiger partial charge < -0.3 is 10.1 Å². The van der Waals surface area contributed by atoms with Gasteiger partial charge in [0.15, 0.2) is 5.54 Å². The molecule has 2 saturated heterocycles. The van der Waals surface area contributed by atoms with Crippen LogP contribution in [0.15, 0.2) is 72.8 Å². The third kappa shape index (κ3) is 3.06. The van der Waals surface area contributed by atoms with E-state index >= 15 is 0 Å². The molecule has 3 heterocycles. The van der Waals surface area contributed by atoms with Crippen molar-refractivity contribution in [3.8, 4) is 11.8 Å². The summed E-state index contributed by atoms with van der Waals surface area (Å²) in [6.07, 6.45) is 1.62. The number of nitriles is 1. The van der Waals surface area contributed by atoms with Crippen LogP contribution >= 0.6 is 0 Å². The first-order valence-electron chi connectivity index (χ1n) is 12.1. The molecule has 1 spiro atoms. The lowest BCUT2D eigenvalue weighted by molar-refractivity contribution is -0.534. The van der Waals surface area contributed by atoms with Gasteiger partial charge in [-0.2, -0.15) is 5.26 Å². The second-order valence-electron chi connectivity index (χ2n) is 9.52. The average Bonchev–Trinajstić information content (AvgIpc) is 3.56. The summed E-state index contributed by atoms with van der Waals surface area (Å²) in [6, 6.07) is 22.7. The lowest BCUT2D eigenvalue weighted by Gasteiger charge is -2.32. The Hall–Kier alpha value is -4.22. The number of hydrogen-bond acceptors (Lipinski definition) is 6. The van der Waals surface area contributed by atoms with Gasteiger partial charge in [0.25, 0.3) is 11.9 Å². The van der Waals surface area contributed by atoms with Gasteiger partial charge in [0.05, 0.1) is 17.6 Å². The lowest BCUT2D eigenvalue weighted by Crippen LogP contribution is -2.55. The normalized spacial score (nSPS) is 26.3. The molecule has 1 amide bonds. The van der Waals surface area contributed by atoms with Crippen molar-refractivity contribution in [3.63, 3.8) is 0 Å². The Labute approximate surface area is 208 Å². The van der Waals surface area contributed by atoms with Gasteiger partial charge in [0.1, 0.15) is 12.4 Å². The molecule has 3 aromatic rings. The number of benzene rings is 3. The third-order valence-corrected chi connectivity index (χ3v) is 7.89. The van der Waals surface area contributed by atoms with Crippen molar-refractivity contribution in [2.75, 3.05) is 11.9 Å². The fourth-order valence-electron chi connectivity index (χ4n) is 6.55. The number of carbonyl (C=O) groups is 1. The zero-order valence-corrected chi connectivity index (χ0v) is 19.5. The molecule has 0 bridgehead atoms.